The van der Waals surface area contributed by atoms with E-state index in [1.165, 1.54) is 12.2 Å². The molecule has 0 N–H and O–H groups in total. The summed E-state index contributed by atoms with van der Waals surface area (Å²) in [6, 6.07) is 5.26. The summed E-state index contributed by atoms with van der Waals surface area (Å²) in [5.41, 5.74) is 0.617. The van der Waals surface area contributed by atoms with Gasteiger partial charge in [-0.2, -0.15) is 11.8 Å². The third kappa shape index (κ3) is 4.64. The van der Waals surface area contributed by atoms with Gasteiger partial charge in [-0.25, -0.2) is 0 Å². The summed E-state index contributed by atoms with van der Waals surface area (Å²) in [6.07, 6.45) is 5.35. The highest BCUT2D eigenvalue weighted by atomic mass is 35.5. The van der Waals surface area contributed by atoms with E-state index < -0.39 is 0 Å². The molecule has 1 unspecified atom stereocenters. The highest BCUT2D eigenvalue weighted by molar-refractivity contribution is 7.98. The van der Waals surface area contributed by atoms with Crippen LogP contribution in [0.15, 0.2) is 18.2 Å². The van der Waals surface area contributed by atoms with Gasteiger partial charge in [-0.05, 0) is 62.6 Å². The standard InChI is InChI=1S/C17H24ClNO2S/c1-21-16-7-6-14(18)11-15(16)17(20)13-5-3-8-19(12-13)9-4-10-22-2/h6-7,11,13H,3-5,8-10,12H2,1-2H3. The number of ether oxygens (including phenoxy) is 1. The Morgan fingerprint density at radius 3 is 3.05 bits per heavy atom. The Labute approximate surface area is 142 Å². The van der Waals surface area contributed by atoms with Crippen molar-refractivity contribution in [3.63, 3.8) is 0 Å². The number of carbonyl (C=O) groups excluding carboxylic acids is 1. The first-order valence-electron chi connectivity index (χ1n) is 7.74. The van der Waals surface area contributed by atoms with Crippen molar-refractivity contribution in [2.45, 2.75) is 19.3 Å². The van der Waals surface area contributed by atoms with Crippen molar-refractivity contribution >= 4 is 29.1 Å². The van der Waals surface area contributed by atoms with Crippen LogP contribution in [0.3, 0.4) is 0 Å². The Hall–Kier alpha value is -0.710. The lowest BCUT2D eigenvalue weighted by molar-refractivity contribution is 0.0817. The number of ketones is 1. The molecule has 0 radical (unpaired) electrons. The maximum absolute atomic E-state index is 12.8. The molecule has 0 aliphatic carbocycles. The second kappa shape index (κ2) is 8.80. The quantitative estimate of drug-likeness (QED) is 0.554. The fourth-order valence-corrected chi connectivity index (χ4v) is 3.59. The number of carbonyl (C=O) groups is 1. The Kier molecular flexibility index (Phi) is 7.06. The number of thioether (sulfide) groups is 1. The zero-order valence-corrected chi connectivity index (χ0v) is 14.9. The molecule has 0 spiro atoms. The molecule has 0 amide bonds. The molecular formula is C17H24ClNO2S. The molecule has 1 fully saturated rings. The highest BCUT2D eigenvalue weighted by Gasteiger charge is 2.28. The van der Waals surface area contributed by atoms with Crippen LogP contribution in [0.2, 0.25) is 5.02 Å². The predicted molar refractivity (Wildman–Crippen MR) is 94.5 cm³/mol. The molecule has 1 aliphatic heterocycles. The molecule has 3 nitrogen and oxygen atoms in total. The summed E-state index contributed by atoms with van der Waals surface area (Å²) in [6.45, 7) is 3.03. The van der Waals surface area contributed by atoms with E-state index in [9.17, 15) is 4.79 Å². The first-order chi connectivity index (χ1) is 10.7. The van der Waals surface area contributed by atoms with Gasteiger partial charge in [0.1, 0.15) is 5.75 Å². The average Bonchev–Trinajstić information content (AvgIpc) is 2.54. The summed E-state index contributed by atoms with van der Waals surface area (Å²) >= 11 is 7.93. The number of likely N-dealkylation sites (tertiary alicyclic amines) is 1. The van der Waals surface area contributed by atoms with Gasteiger partial charge in [0.15, 0.2) is 5.78 Å². The molecule has 2 rings (SSSR count). The lowest BCUT2D eigenvalue weighted by atomic mass is 9.89. The highest BCUT2D eigenvalue weighted by Crippen LogP contribution is 2.28. The Balaban J connectivity index is 2.04. The van der Waals surface area contributed by atoms with Crippen molar-refractivity contribution in [1.29, 1.82) is 0 Å². The summed E-state index contributed by atoms with van der Waals surface area (Å²) in [7, 11) is 1.59. The zero-order chi connectivity index (χ0) is 15.9. The maximum Gasteiger partial charge on any atom is 0.170 e. The van der Waals surface area contributed by atoms with Crippen LogP contribution < -0.4 is 4.74 Å². The van der Waals surface area contributed by atoms with Gasteiger partial charge in [0.05, 0.1) is 12.7 Å². The second-order valence-corrected chi connectivity index (χ2v) is 7.12. The summed E-state index contributed by atoms with van der Waals surface area (Å²) < 4.78 is 5.32. The van der Waals surface area contributed by atoms with Crippen molar-refractivity contribution in [3.05, 3.63) is 28.8 Å². The van der Waals surface area contributed by atoms with Crippen LogP contribution in [0, 0.1) is 5.92 Å². The first-order valence-corrected chi connectivity index (χ1v) is 9.52. The number of halogens is 1. The minimum atomic E-state index is 0.0513. The topological polar surface area (TPSA) is 29.5 Å². The van der Waals surface area contributed by atoms with E-state index in [4.69, 9.17) is 16.3 Å². The second-order valence-electron chi connectivity index (χ2n) is 5.69. The number of benzene rings is 1. The van der Waals surface area contributed by atoms with E-state index in [1.54, 1.807) is 25.3 Å². The molecule has 122 valence electrons. The largest absolute Gasteiger partial charge is 0.496 e. The molecule has 1 aromatic carbocycles. The van der Waals surface area contributed by atoms with E-state index >= 15 is 0 Å². The first kappa shape index (κ1) is 17.6. The lowest BCUT2D eigenvalue weighted by Gasteiger charge is -2.32. The van der Waals surface area contributed by atoms with Gasteiger partial charge in [0, 0.05) is 17.5 Å². The van der Waals surface area contributed by atoms with Gasteiger partial charge in [-0.1, -0.05) is 11.6 Å². The van der Waals surface area contributed by atoms with Crippen molar-refractivity contribution in [2.24, 2.45) is 5.92 Å². The number of rotatable bonds is 7. The smallest absolute Gasteiger partial charge is 0.170 e. The Morgan fingerprint density at radius 1 is 1.50 bits per heavy atom. The molecule has 22 heavy (non-hydrogen) atoms. The molecule has 0 saturated carbocycles. The average molecular weight is 342 g/mol. The van der Waals surface area contributed by atoms with Crippen LogP contribution in [0.4, 0.5) is 0 Å². The number of methoxy groups -OCH3 is 1. The fourth-order valence-electron chi connectivity index (χ4n) is 3.00. The molecule has 1 aliphatic rings. The normalized spacial score (nSPS) is 19.1. The third-order valence-corrected chi connectivity index (χ3v) is 5.06. The molecule has 1 saturated heterocycles. The van der Waals surface area contributed by atoms with Gasteiger partial charge >= 0.3 is 0 Å². The lowest BCUT2D eigenvalue weighted by Crippen LogP contribution is -2.39. The van der Waals surface area contributed by atoms with E-state index in [1.807, 2.05) is 11.8 Å². The molecule has 0 bridgehead atoms. The van der Waals surface area contributed by atoms with Crippen LogP contribution in [-0.2, 0) is 0 Å². The van der Waals surface area contributed by atoms with Crippen LogP contribution in [0.1, 0.15) is 29.6 Å². The minimum absolute atomic E-state index is 0.0513. The van der Waals surface area contributed by atoms with Gasteiger partial charge in [-0.15, -0.1) is 0 Å². The molecule has 1 atom stereocenters. The number of Topliss-reactive ketones (excluding diaryl/α,β-unsaturated/α-hetero) is 1. The fraction of sp³-hybridized carbons (Fsp3) is 0.588. The molecule has 0 aromatic heterocycles. The predicted octanol–water partition coefficient (Wildman–Crippen LogP) is 4.00. The van der Waals surface area contributed by atoms with Gasteiger partial charge < -0.3 is 9.64 Å². The van der Waals surface area contributed by atoms with E-state index in [2.05, 4.69) is 11.2 Å². The number of piperidine rings is 1. The van der Waals surface area contributed by atoms with E-state index in [-0.39, 0.29) is 11.7 Å². The van der Waals surface area contributed by atoms with Gasteiger partial charge in [0.25, 0.3) is 0 Å². The van der Waals surface area contributed by atoms with Crippen molar-refractivity contribution < 1.29 is 9.53 Å². The molecule has 5 heteroatoms. The van der Waals surface area contributed by atoms with Crippen LogP contribution in [0.5, 0.6) is 5.75 Å². The van der Waals surface area contributed by atoms with Crippen LogP contribution >= 0.6 is 23.4 Å². The zero-order valence-electron chi connectivity index (χ0n) is 13.3. The van der Waals surface area contributed by atoms with Crippen LogP contribution in [-0.4, -0.2) is 49.4 Å². The van der Waals surface area contributed by atoms with E-state index in [0.717, 1.165) is 32.5 Å². The Morgan fingerprint density at radius 2 is 2.32 bits per heavy atom. The van der Waals surface area contributed by atoms with Crippen molar-refractivity contribution in [3.8, 4) is 5.75 Å². The monoisotopic (exact) mass is 341 g/mol. The SMILES string of the molecule is COc1ccc(Cl)cc1C(=O)C1CCCN(CCCSC)C1. The molecule has 1 heterocycles. The Bertz CT molecular complexity index is 509. The summed E-state index contributed by atoms with van der Waals surface area (Å²) in [4.78, 5) is 15.3. The van der Waals surface area contributed by atoms with E-state index in [0.29, 0.717) is 16.3 Å². The number of nitrogens with zero attached hydrogens (tertiary/aromatic N) is 1. The summed E-state index contributed by atoms with van der Waals surface area (Å²) in [5.74, 6) is 2.01. The van der Waals surface area contributed by atoms with Crippen LogP contribution in [0.25, 0.3) is 0 Å². The molecular weight excluding hydrogens is 318 g/mol. The van der Waals surface area contributed by atoms with Gasteiger partial charge in [-0.3, -0.25) is 4.79 Å². The third-order valence-electron chi connectivity index (χ3n) is 4.13. The minimum Gasteiger partial charge on any atom is -0.496 e. The summed E-state index contributed by atoms with van der Waals surface area (Å²) in [5, 5.41) is 0.580. The van der Waals surface area contributed by atoms with Crippen molar-refractivity contribution in [1.82, 2.24) is 4.90 Å². The number of hydrogen-bond donors (Lipinski definition) is 0. The molecule has 1 aromatic rings. The number of hydrogen-bond acceptors (Lipinski definition) is 4. The maximum atomic E-state index is 12.8. The van der Waals surface area contributed by atoms with Gasteiger partial charge in [0.2, 0.25) is 0 Å². The van der Waals surface area contributed by atoms with Crippen molar-refractivity contribution in [2.75, 3.05) is 38.8 Å².